The lowest BCUT2D eigenvalue weighted by Gasteiger charge is -2.27. The number of anilines is 1. The largest absolute Gasteiger partial charge is 0.493 e. The molecule has 2 aliphatic heterocycles. The number of hydrogen-bond donors (Lipinski definition) is 5. The highest BCUT2D eigenvalue weighted by atomic mass is 16.5. The molecule has 0 aliphatic carbocycles. The number of benzene rings is 1. The van der Waals surface area contributed by atoms with Crippen molar-refractivity contribution in [1.29, 1.82) is 0 Å². The standard InChI is InChI=1S/C19H25N3O3.C5H4N2O4/c1-2-25-16-11-13(12-22-6-8-24-9-7-22)10-15-17(16)18-14(19(23)21-15)4-3-5-20-18;8-3-1-2(4(9)10)6-5(11)7-3/h10-11,20H,2-9,12H2,1H3,(H,21,23);1H,(H,9,10)(H2,6,7,8,11). The Labute approximate surface area is 205 Å². The van der Waals surface area contributed by atoms with Crippen LogP contribution in [0.4, 0.5) is 5.69 Å². The summed E-state index contributed by atoms with van der Waals surface area (Å²) >= 11 is 0. The number of ether oxygens (including phenoxy) is 2. The molecule has 12 heteroatoms. The predicted octanol–water partition coefficient (Wildman–Crippen LogP) is 0.879. The van der Waals surface area contributed by atoms with Gasteiger partial charge in [-0.25, -0.2) is 9.59 Å². The minimum Gasteiger partial charge on any atom is -0.493 e. The van der Waals surface area contributed by atoms with E-state index < -0.39 is 22.9 Å². The molecule has 0 amide bonds. The molecule has 1 saturated heterocycles. The van der Waals surface area contributed by atoms with Gasteiger partial charge in [0, 0.05) is 37.8 Å². The number of rotatable bonds is 5. The van der Waals surface area contributed by atoms with Gasteiger partial charge in [0.2, 0.25) is 0 Å². The summed E-state index contributed by atoms with van der Waals surface area (Å²) in [5.41, 5.74) is 1.85. The summed E-state index contributed by atoms with van der Waals surface area (Å²) < 4.78 is 11.4. The fourth-order valence-corrected chi connectivity index (χ4v) is 4.37. The van der Waals surface area contributed by atoms with Crippen molar-refractivity contribution in [3.63, 3.8) is 0 Å². The first-order valence-corrected chi connectivity index (χ1v) is 11.8. The van der Waals surface area contributed by atoms with Crippen LogP contribution in [0.5, 0.6) is 5.75 Å². The van der Waals surface area contributed by atoms with Crippen molar-refractivity contribution >= 4 is 22.6 Å². The Kier molecular flexibility index (Phi) is 7.86. The molecule has 1 aromatic carbocycles. The molecule has 0 spiro atoms. The summed E-state index contributed by atoms with van der Waals surface area (Å²) in [7, 11) is 0. The van der Waals surface area contributed by atoms with Crippen LogP contribution in [0.2, 0.25) is 0 Å². The van der Waals surface area contributed by atoms with E-state index >= 15 is 0 Å². The first-order valence-electron chi connectivity index (χ1n) is 11.8. The summed E-state index contributed by atoms with van der Waals surface area (Å²) in [6.07, 6.45) is 1.80. The molecule has 192 valence electrons. The second-order valence-electron chi connectivity index (χ2n) is 8.48. The Morgan fingerprint density at radius 1 is 1.11 bits per heavy atom. The maximum Gasteiger partial charge on any atom is 0.352 e. The van der Waals surface area contributed by atoms with Crippen LogP contribution in [-0.4, -0.2) is 70.4 Å². The van der Waals surface area contributed by atoms with Crippen molar-refractivity contribution in [3.8, 4) is 5.75 Å². The molecular weight excluding hydrogens is 470 g/mol. The molecule has 2 aromatic heterocycles. The Bertz CT molecular complexity index is 1390. The van der Waals surface area contributed by atoms with Crippen molar-refractivity contribution in [1.82, 2.24) is 19.9 Å². The molecule has 0 radical (unpaired) electrons. The smallest absolute Gasteiger partial charge is 0.352 e. The number of nitrogens with one attached hydrogen (secondary N) is 4. The average Bonchev–Trinajstić information content (AvgIpc) is 2.84. The van der Waals surface area contributed by atoms with Gasteiger partial charge in [-0.3, -0.25) is 19.5 Å². The van der Waals surface area contributed by atoms with E-state index in [2.05, 4.69) is 27.3 Å². The lowest BCUT2D eigenvalue weighted by molar-refractivity contribution is 0.0342. The van der Waals surface area contributed by atoms with Crippen LogP contribution in [0.15, 0.2) is 32.6 Å². The Morgan fingerprint density at radius 3 is 2.58 bits per heavy atom. The van der Waals surface area contributed by atoms with Crippen molar-refractivity contribution in [2.24, 2.45) is 0 Å². The number of morpholine rings is 1. The molecule has 36 heavy (non-hydrogen) atoms. The number of H-pyrrole nitrogens is 3. The van der Waals surface area contributed by atoms with Gasteiger partial charge in [0.15, 0.2) is 0 Å². The number of aromatic carboxylic acids is 1. The van der Waals surface area contributed by atoms with Gasteiger partial charge in [-0.05, 0) is 37.5 Å². The molecule has 12 nitrogen and oxygen atoms in total. The fraction of sp³-hybridized carbons (Fsp3) is 0.417. The van der Waals surface area contributed by atoms with Crippen molar-refractivity contribution in [2.75, 3.05) is 44.8 Å². The molecule has 0 bridgehead atoms. The lowest BCUT2D eigenvalue weighted by Crippen LogP contribution is -2.35. The number of aromatic amines is 3. The number of carboxylic acids is 1. The van der Waals surface area contributed by atoms with Crippen molar-refractivity contribution in [3.05, 3.63) is 66.2 Å². The van der Waals surface area contributed by atoms with Gasteiger partial charge in [-0.1, -0.05) is 0 Å². The maximum atomic E-state index is 12.5. The number of hydrogen-bond acceptors (Lipinski definition) is 8. The second-order valence-corrected chi connectivity index (χ2v) is 8.48. The van der Waals surface area contributed by atoms with Gasteiger partial charge in [0.25, 0.3) is 11.1 Å². The zero-order valence-corrected chi connectivity index (χ0v) is 19.9. The Morgan fingerprint density at radius 2 is 1.89 bits per heavy atom. The van der Waals surface area contributed by atoms with Crippen LogP contribution >= 0.6 is 0 Å². The molecule has 0 saturated carbocycles. The van der Waals surface area contributed by atoms with E-state index in [1.165, 1.54) is 0 Å². The van der Waals surface area contributed by atoms with E-state index in [1.807, 2.05) is 16.9 Å². The molecule has 0 unspecified atom stereocenters. The van der Waals surface area contributed by atoms with E-state index in [0.717, 1.165) is 91.8 Å². The van der Waals surface area contributed by atoms with Crippen LogP contribution in [0.3, 0.4) is 0 Å². The highest BCUT2D eigenvalue weighted by Crippen LogP contribution is 2.36. The lowest BCUT2D eigenvalue weighted by atomic mass is 9.99. The van der Waals surface area contributed by atoms with Crippen molar-refractivity contribution < 1.29 is 19.4 Å². The highest BCUT2D eigenvalue weighted by molar-refractivity contribution is 5.98. The number of aromatic nitrogens is 3. The number of nitrogens with zero attached hydrogens (tertiary/aromatic N) is 1. The summed E-state index contributed by atoms with van der Waals surface area (Å²) in [6.45, 7) is 7.75. The molecule has 4 heterocycles. The van der Waals surface area contributed by atoms with Crippen LogP contribution in [0, 0.1) is 0 Å². The number of carboxylic acid groups (broad SMARTS) is 1. The molecule has 5 rings (SSSR count). The number of pyridine rings is 1. The Hall–Kier alpha value is -3.90. The van der Waals surface area contributed by atoms with Gasteiger partial charge in [0.05, 0.1) is 36.4 Å². The molecule has 0 atom stereocenters. The van der Waals surface area contributed by atoms with Gasteiger partial charge >= 0.3 is 11.7 Å². The summed E-state index contributed by atoms with van der Waals surface area (Å²) in [6, 6.07) is 5.01. The average molecular weight is 500 g/mol. The van der Waals surface area contributed by atoms with E-state index in [-0.39, 0.29) is 5.56 Å². The molecular formula is C24H29N5O7. The first-order chi connectivity index (χ1) is 17.4. The Balaban J connectivity index is 0.000000233. The third kappa shape index (κ3) is 5.83. The summed E-state index contributed by atoms with van der Waals surface area (Å²) in [5.74, 6) is -0.488. The third-order valence-electron chi connectivity index (χ3n) is 5.94. The van der Waals surface area contributed by atoms with Crippen LogP contribution in [0.25, 0.3) is 10.9 Å². The van der Waals surface area contributed by atoms with Crippen LogP contribution < -0.4 is 26.9 Å². The van der Waals surface area contributed by atoms with Crippen molar-refractivity contribution in [2.45, 2.75) is 26.3 Å². The quantitative estimate of drug-likeness (QED) is 0.342. The third-order valence-corrected chi connectivity index (χ3v) is 5.94. The van der Waals surface area contributed by atoms with E-state index in [4.69, 9.17) is 14.6 Å². The molecule has 3 aromatic rings. The zero-order valence-electron chi connectivity index (χ0n) is 19.9. The number of fused-ring (bicyclic) bond motifs is 3. The predicted molar refractivity (Wildman–Crippen MR) is 133 cm³/mol. The van der Waals surface area contributed by atoms with Gasteiger partial charge < -0.3 is 29.9 Å². The highest BCUT2D eigenvalue weighted by Gasteiger charge is 2.20. The molecule has 1 fully saturated rings. The van der Waals surface area contributed by atoms with E-state index in [9.17, 15) is 19.2 Å². The number of carbonyl (C=O) groups is 1. The van der Waals surface area contributed by atoms with E-state index in [0.29, 0.717) is 6.61 Å². The van der Waals surface area contributed by atoms with E-state index in [1.54, 1.807) is 0 Å². The van der Waals surface area contributed by atoms with Gasteiger partial charge in [0.1, 0.15) is 11.4 Å². The normalized spacial score (nSPS) is 15.4. The topological polar surface area (TPSA) is 170 Å². The molecule has 5 N–H and O–H groups in total. The molecule has 2 aliphatic rings. The zero-order chi connectivity index (χ0) is 25.7. The maximum absolute atomic E-state index is 12.5. The summed E-state index contributed by atoms with van der Waals surface area (Å²) in [4.78, 5) is 52.8. The monoisotopic (exact) mass is 499 g/mol. The minimum atomic E-state index is -1.34. The van der Waals surface area contributed by atoms with Gasteiger partial charge in [-0.15, -0.1) is 0 Å². The minimum absolute atomic E-state index is 0.0145. The summed E-state index contributed by atoms with van der Waals surface area (Å²) in [5, 5.41) is 12.7. The second kappa shape index (κ2) is 11.2. The van der Waals surface area contributed by atoms with Crippen LogP contribution in [-0.2, 0) is 17.7 Å². The van der Waals surface area contributed by atoms with Crippen LogP contribution in [0.1, 0.15) is 35.0 Å². The van der Waals surface area contributed by atoms with Gasteiger partial charge in [-0.2, -0.15) is 0 Å². The SMILES string of the molecule is CCOc1cc(CN2CCOCC2)cc2[nH]c(=O)c3c(c12)NCCC3.O=C(O)c1cc(=O)[nH]c(=O)[nH]1. The first kappa shape index (κ1) is 25.2. The fourth-order valence-electron chi connectivity index (χ4n) is 4.37.